The molecule has 3 aromatic rings. The van der Waals surface area contributed by atoms with Crippen LogP contribution < -0.4 is 16.3 Å². The summed E-state index contributed by atoms with van der Waals surface area (Å²) in [5.41, 5.74) is 1.23. The Morgan fingerprint density at radius 3 is 2.87 bits per heavy atom. The SMILES string of the molecule is CC(=O)NCC[NH2+]Cc1cc(=O)oc2ccc3ccccc3c12. The van der Waals surface area contributed by atoms with Gasteiger partial charge in [-0.25, -0.2) is 4.79 Å². The quantitative estimate of drug-likeness (QED) is 0.421. The Bertz CT molecular complexity index is 915. The van der Waals surface area contributed by atoms with Gasteiger partial charge in [0.1, 0.15) is 12.1 Å². The highest BCUT2D eigenvalue weighted by Crippen LogP contribution is 2.26. The second-order valence-corrected chi connectivity index (χ2v) is 5.51. The molecule has 0 bridgehead atoms. The molecule has 1 amide bonds. The van der Waals surface area contributed by atoms with E-state index in [4.69, 9.17) is 4.42 Å². The number of fused-ring (bicyclic) bond motifs is 3. The van der Waals surface area contributed by atoms with E-state index in [0.717, 1.165) is 28.3 Å². The van der Waals surface area contributed by atoms with Gasteiger partial charge in [-0.15, -0.1) is 0 Å². The summed E-state index contributed by atoms with van der Waals surface area (Å²) in [5, 5.41) is 8.02. The molecule has 118 valence electrons. The van der Waals surface area contributed by atoms with E-state index in [2.05, 4.69) is 10.6 Å². The normalized spacial score (nSPS) is 11.0. The molecule has 23 heavy (non-hydrogen) atoms. The number of nitrogens with one attached hydrogen (secondary N) is 1. The fraction of sp³-hybridized carbons (Fsp3) is 0.222. The number of quaternary nitrogens is 1. The smallest absolute Gasteiger partial charge is 0.336 e. The van der Waals surface area contributed by atoms with E-state index in [1.54, 1.807) is 6.07 Å². The van der Waals surface area contributed by atoms with Crippen molar-refractivity contribution in [2.45, 2.75) is 13.5 Å². The first kappa shape index (κ1) is 15.2. The lowest BCUT2D eigenvalue weighted by Gasteiger charge is -2.08. The molecule has 1 aromatic heterocycles. The van der Waals surface area contributed by atoms with Crippen LogP contribution in [0, 0.1) is 0 Å². The maximum Gasteiger partial charge on any atom is 0.336 e. The number of rotatable bonds is 5. The molecule has 0 spiro atoms. The van der Waals surface area contributed by atoms with Crippen LogP contribution in [0.1, 0.15) is 12.5 Å². The number of nitrogens with two attached hydrogens (primary N) is 1. The third-order valence-corrected chi connectivity index (χ3v) is 3.80. The second kappa shape index (κ2) is 6.62. The van der Waals surface area contributed by atoms with E-state index in [-0.39, 0.29) is 11.5 Å². The van der Waals surface area contributed by atoms with Gasteiger partial charge in [-0.3, -0.25) is 4.79 Å². The van der Waals surface area contributed by atoms with E-state index in [0.29, 0.717) is 18.7 Å². The van der Waals surface area contributed by atoms with Gasteiger partial charge < -0.3 is 15.1 Å². The lowest BCUT2D eigenvalue weighted by molar-refractivity contribution is -0.668. The second-order valence-electron chi connectivity index (χ2n) is 5.51. The van der Waals surface area contributed by atoms with E-state index in [1.165, 1.54) is 6.92 Å². The zero-order valence-electron chi connectivity index (χ0n) is 13.0. The summed E-state index contributed by atoms with van der Waals surface area (Å²) in [6.45, 7) is 3.53. The topological polar surface area (TPSA) is 75.9 Å². The Balaban J connectivity index is 1.93. The summed E-state index contributed by atoms with van der Waals surface area (Å²) in [6.07, 6.45) is 0. The van der Waals surface area contributed by atoms with Crippen molar-refractivity contribution >= 4 is 27.6 Å². The Morgan fingerprint density at radius 1 is 1.22 bits per heavy atom. The maximum absolute atomic E-state index is 11.8. The zero-order valence-corrected chi connectivity index (χ0v) is 13.0. The van der Waals surface area contributed by atoms with Crippen molar-refractivity contribution in [2.75, 3.05) is 13.1 Å². The number of carbonyl (C=O) groups excluding carboxylic acids is 1. The molecule has 5 nitrogen and oxygen atoms in total. The van der Waals surface area contributed by atoms with Crippen molar-refractivity contribution in [1.82, 2.24) is 5.32 Å². The summed E-state index contributed by atoms with van der Waals surface area (Å²) in [5.74, 6) is -0.0322. The predicted octanol–water partition coefficient (Wildman–Crippen LogP) is 1.15. The molecule has 0 atom stereocenters. The summed E-state index contributed by atoms with van der Waals surface area (Å²) >= 11 is 0. The first-order valence-electron chi connectivity index (χ1n) is 7.66. The van der Waals surface area contributed by atoms with Crippen LogP contribution >= 0.6 is 0 Å². The third kappa shape index (κ3) is 3.40. The highest BCUT2D eigenvalue weighted by molar-refractivity contribution is 6.06. The van der Waals surface area contributed by atoms with E-state index < -0.39 is 0 Å². The molecule has 5 heteroatoms. The van der Waals surface area contributed by atoms with Crippen LogP contribution in [-0.4, -0.2) is 19.0 Å². The van der Waals surface area contributed by atoms with Crippen LogP contribution in [0.3, 0.4) is 0 Å². The molecule has 0 aliphatic heterocycles. The molecule has 3 N–H and O–H groups in total. The van der Waals surface area contributed by atoms with Crippen molar-refractivity contribution in [1.29, 1.82) is 0 Å². The number of hydrogen-bond donors (Lipinski definition) is 2. The monoisotopic (exact) mass is 311 g/mol. The van der Waals surface area contributed by atoms with E-state index in [1.807, 2.05) is 36.4 Å². The fourth-order valence-corrected chi connectivity index (χ4v) is 2.79. The van der Waals surface area contributed by atoms with Crippen molar-refractivity contribution in [2.24, 2.45) is 0 Å². The van der Waals surface area contributed by atoms with Crippen LogP contribution in [-0.2, 0) is 11.3 Å². The first-order valence-corrected chi connectivity index (χ1v) is 7.66. The first-order chi connectivity index (χ1) is 11.1. The number of amides is 1. The molecule has 0 aliphatic rings. The van der Waals surface area contributed by atoms with Crippen molar-refractivity contribution in [3.63, 3.8) is 0 Å². The highest BCUT2D eigenvalue weighted by atomic mass is 16.4. The summed E-state index contributed by atoms with van der Waals surface area (Å²) < 4.78 is 5.34. The molecule has 0 radical (unpaired) electrons. The summed E-state index contributed by atoms with van der Waals surface area (Å²) in [4.78, 5) is 22.6. The lowest BCUT2D eigenvalue weighted by atomic mass is 10.0. The van der Waals surface area contributed by atoms with Gasteiger partial charge in [0.2, 0.25) is 5.91 Å². The molecule has 0 unspecified atom stereocenters. The molecular weight excluding hydrogens is 292 g/mol. The number of hydrogen-bond acceptors (Lipinski definition) is 3. The van der Waals surface area contributed by atoms with Gasteiger partial charge in [0, 0.05) is 23.9 Å². The molecule has 1 heterocycles. The predicted molar refractivity (Wildman–Crippen MR) is 89.2 cm³/mol. The van der Waals surface area contributed by atoms with Gasteiger partial charge in [-0.05, 0) is 16.8 Å². The molecule has 0 saturated carbocycles. The molecular formula is C18H19N2O3+. The van der Waals surface area contributed by atoms with Gasteiger partial charge in [-0.1, -0.05) is 30.3 Å². The molecule has 0 saturated heterocycles. The van der Waals surface area contributed by atoms with Crippen LogP contribution in [0.4, 0.5) is 0 Å². The minimum absolute atomic E-state index is 0.0322. The van der Waals surface area contributed by atoms with Crippen LogP contribution in [0.5, 0.6) is 0 Å². The Labute approximate surface area is 133 Å². The van der Waals surface area contributed by atoms with Crippen LogP contribution in [0.25, 0.3) is 21.7 Å². The summed E-state index contributed by atoms with van der Waals surface area (Å²) in [6, 6.07) is 13.4. The standard InChI is InChI=1S/C18H18N2O3/c1-12(21)20-9-8-19-11-14-10-17(22)23-16-7-6-13-4-2-3-5-15(13)18(14)16/h2-7,10,19H,8-9,11H2,1H3,(H,20,21)/p+1. The maximum atomic E-state index is 11.8. The summed E-state index contributed by atoms with van der Waals surface area (Å²) in [7, 11) is 0. The van der Waals surface area contributed by atoms with Crippen molar-refractivity contribution < 1.29 is 14.5 Å². The fourth-order valence-electron chi connectivity index (χ4n) is 2.79. The van der Waals surface area contributed by atoms with Gasteiger partial charge in [0.15, 0.2) is 0 Å². The minimum atomic E-state index is -0.335. The third-order valence-electron chi connectivity index (χ3n) is 3.80. The Morgan fingerprint density at radius 2 is 2.04 bits per heavy atom. The Hall–Kier alpha value is -2.66. The van der Waals surface area contributed by atoms with Crippen LogP contribution in [0.2, 0.25) is 0 Å². The van der Waals surface area contributed by atoms with Crippen molar-refractivity contribution in [3.8, 4) is 0 Å². The molecule has 2 aromatic carbocycles. The average molecular weight is 311 g/mol. The van der Waals surface area contributed by atoms with Gasteiger partial charge in [0.05, 0.1) is 13.1 Å². The lowest BCUT2D eigenvalue weighted by Crippen LogP contribution is -2.84. The highest BCUT2D eigenvalue weighted by Gasteiger charge is 2.10. The van der Waals surface area contributed by atoms with Crippen molar-refractivity contribution in [3.05, 3.63) is 58.4 Å². The molecule has 0 aliphatic carbocycles. The largest absolute Gasteiger partial charge is 0.423 e. The zero-order chi connectivity index (χ0) is 16.2. The van der Waals surface area contributed by atoms with Crippen LogP contribution in [0.15, 0.2) is 51.7 Å². The van der Waals surface area contributed by atoms with Gasteiger partial charge >= 0.3 is 5.63 Å². The minimum Gasteiger partial charge on any atom is -0.423 e. The number of benzene rings is 2. The molecule has 0 fully saturated rings. The van der Waals surface area contributed by atoms with Gasteiger partial charge in [0.25, 0.3) is 0 Å². The Kier molecular flexibility index (Phi) is 4.39. The molecule has 3 rings (SSSR count). The van der Waals surface area contributed by atoms with Gasteiger partial charge in [-0.2, -0.15) is 0 Å². The number of carbonyl (C=O) groups is 1. The average Bonchev–Trinajstić information content (AvgIpc) is 2.53. The van der Waals surface area contributed by atoms with E-state index >= 15 is 0 Å². The van der Waals surface area contributed by atoms with E-state index in [9.17, 15) is 9.59 Å².